The molecule has 0 radical (unpaired) electrons. The second-order valence-corrected chi connectivity index (χ2v) is 5.35. The molecule has 2 aromatic rings. The molecular formula is C17H18FNO2S. The minimum absolute atomic E-state index is 0.179. The lowest BCUT2D eigenvalue weighted by Gasteiger charge is -2.14. The Bertz CT molecular complexity index is 688. The summed E-state index contributed by atoms with van der Waals surface area (Å²) >= 11 is 4.96. The summed E-state index contributed by atoms with van der Waals surface area (Å²) in [6, 6.07) is 10.4. The zero-order valence-electron chi connectivity index (χ0n) is 12.8. The first-order valence-electron chi connectivity index (χ1n) is 6.83. The Balaban J connectivity index is 2.16. The van der Waals surface area contributed by atoms with Crippen molar-refractivity contribution < 1.29 is 13.9 Å². The summed E-state index contributed by atoms with van der Waals surface area (Å²) in [6.45, 7) is 4.33. The van der Waals surface area contributed by atoms with Gasteiger partial charge in [-0.2, -0.15) is 0 Å². The van der Waals surface area contributed by atoms with E-state index in [-0.39, 0.29) is 11.0 Å². The molecule has 3 nitrogen and oxygen atoms in total. The van der Waals surface area contributed by atoms with Crippen LogP contribution in [-0.2, 0) is 11.3 Å². The van der Waals surface area contributed by atoms with Gasteiger partial charge in [-0.15, -0.1) is 0 Å². The highest BCUT2D eigenvalue weighted by Gasteiger charge is 2.08. The fourth-order valence-corrected chi connectivity index (χ4v) is 2.18. The molecule has 0 fully saturated rings. The molecule has 0 amide bonds. The van der Waals surface area contributed by atoms with Crippen molar-refractivity contribution >= 4 is 23.1 Å². The van der Waals surface area contributed by atoms with Gasteiger partial charge >= 0.3 is 0 Å². The van der Waals surface area contributed by atoms with Gasteiger partial charge in [-0.1, -0.05) is 23.8 Å². The summed E-state index contributed by atoms with van der Waals surface area (Å²) in [7, 11) is 1.46. The third kappa shape index (κ3) is 4.18. The van der Waals surface area contributed by atoms with Gasteiger partial charge in [0.2, 0.25) is 0 Å². The molecule has 0 saturated carbocycles. The van der Waals surface area contributed by atoms with Crippen LogP contribution in [0, 0.1) is 19.7 Å². The lowest BCUT2D eigenvalue weighted by atomic mass is 10.1. The highest BCUT2D eigenvalue weighted by molar-refractivity contribution is 7.80. The van der Waals surface area contributed by atoms with Crippen LogP contribution in [0.15, 0.2) is 36.4 Å². The second-order valence-electron chi connectivity index (χ2n) is 4.98. The Hall–Kier alpha value is -2.14. The van der Waals surface area contributed by atoms with Crippen LogP contribution in [0.3, 0.4) is 0 Å². The number of rotatable bonds is 4. The van der Waals surface area contributed by atoms with Crippen LogP contribution in [-0.4, -0.2) is 12.3 Å². The summed E-state index contributed by atoms with van der Waals surface area (Å²) in [5, 5.41) is 3.03. The molecule has 0 atom stereocenters. The SMILES string of the molecule is COC(=S)Nc1cc(F)ccc1COc1ccc(C)cc1C. The van der Waals surface area contributed by atoms with Gasteiger partial charge in [0.15, 0.2) is 0 Å². The third-order valence-electron chi connectivity index (χ3n) is 3.21. The first-order valence-corrected chi connectivity index (χ1v) is 7.24. The smallest absolute Gasteiger partial charge is 0.260 e. The van der Waals surface area contributed by atoms with Gasteiger partial charge < -0.3 is 14.8 Å². The largest absolute Gasteiger partial charge is 0.489 e. The van der Waals surface area contributed by atoms with Crippen molar-refractivity contribution in [2.75, 3.05) is 12.4 Å². The van der Waals surface area contributed by atoms with Crippen molar-refractivity contribution in [3.8, 4) is 5.75 Å². The van der Waals surface area contributed by atoms with Crippen molar-refractivity contribution in [2.24, 2.45) is 0 Å². The van der Waals surface area contributed by atoms with Crippen molar-refractivity contribution in [1.82, 2.24) is 0 Å². The van der Waals surface area contributed by atoms with E-state index in [1.165, 1.54) is 24.8 Å². The van der Waals surface area contributed by atoms with Gasteiger partial charge in [0.25, 0.3) is 5.17 Å². The van der Waals surface area contributed by atoms with Gasteiger partial charge in [-0.3, -0.25) is 0 Å². The normalized spacial score (nSPS) is 10.2. The molecule has 0 aliphatic rings. The number of nitrogens with one attached hydrogen (secondary N) is 1. The van der Waals surface area contributed by atoms with Crippen molar-refractivity contribution in [2.45, 2.75) is 20.5 Å². The fourth-order valence-electron chi connectivity index (χ4n) is 2.07. The van der Waals surface area contributed by atoms with Gasteiger partial charge in [0, 0.05) is 5.56 Å². The van der Waals surface area contributed by atoms with Gasteiger partial charge in [-0.05, 0) is 49.8 Å². The molecule has 2 rings (SSSR count). The van der Waals surface area contributed by atoms with Crippen LogP contribution in [0.2, 0.25) is 0 Å². The van der Waals surface area contributed by atoms with Crippen LogP contribution < -0.4 is 10.1 Å². The van der Waals surface area contributed by atoms with Crippen LogP contribution in [0.25, 0.3) is 0 Å². The minimum Gasteiger partial charge on any atom is -0.489 e. The summed E-state index contributed by atoms with van der Waals surface area (Å²) in [6.07, 6.45) is 0. The maximum absolute atomic E-state index is 13.4. The molecule has 116 valence electrons. The number of ether oxygens (including phenoxy) is 2. The van der Waals surface area contributed by atoms with E-state index in [1.807, 2.05) is 26.0 Å². The van der Waals surface area contributed by atoms with E-state index in [2.05, 4.69) is 11.4 Å². The van der Waals surface area contributed by atoms with E-state index >= 15 is 0 Å². The summed E-state index contributed by atoms with van der Waals surface area (Å²) in [4.78, 5) is 0. The molecule has 0 aliphatic heterocycles. The predicted molar refractivity (Wildman–Crippen MR) is 89.9 cm³/mol. The Labute approximate surface area is 135 Å². The lowest BCUT2D eigenvalue weighted by Crippen LogP contribution is -2.13. The van der Waals surface area contributed by atoms with Crippen LogP contribution >= 0.6 is 12.2 Å². The van der Waals surface area contributed by atoms with E-state index in [0.29, 0.717) is 12.3 Å². The number of hydrogen-bond donors (Lipinski definition) is 1. The van der Waals surface area contributed by atoms with E-state index in [4.69, 9.17) is 21.7 Å². The summed E-state index contributed by atoms with van der Waals surface area (Å²) < 4.78 is 24.1. The number of methoxy groups -OCH3 is 1. The number of anilines is 1. The highest BCUT2D eigenvalue weighted by atomic mass is 32.1. The Kier molecular flexibility index (Phi) is 5.33. The first kappa shape index (κ1) is 16.2. The quantitative estimate of drug-likeness (QED) is 0.848. The second kappa shape index (κ2) is 7.22. The van der Waals surface area contributed by atoms with E-state index in [0.717, 1.165) is 16.9 Å². The zero-order valence-corrected chi connectivity index (χ0v) is 13.6. The lowest BCUT2D eigenvalue weighted by molar-refractivity contribution is 0.304. The van der Waals surface area contributed by atoms with Crippen molar-refractivity contribution in [3.63, 3.8) is 0 Å². The van der Waals surface area contributed by atoms with E-state index in [9.17, 15) is 4.39 Å². The van der Waals surface area contributed by atoms with Crippen LogP contribution in [0.1, 0.15) is 16.7 Å². The first-order chi connectivity index (χ1) is 10.5. The molecule has 0 aromatic heterocycles. The number of hydrogen-bond acceptors (Lipinski definition) is 3. The predicted octanol–water partition coefficient (Wildman–Crippen LogP) is 4.36. The summed E-state index contributed by atoms with van der Waals surface area (Å²) in [5.41, 5.74) is 3.57. The van der Waals surface area contributed by atoms with Crippen molar-refractivity contribution in [1.29, 1.82) is 0 Å². The Morgan fingerprint density at radius 3 is 2.64 bits per heavy atom. The van der Waals surface area contributed by atoms with Gasteiger partial charge in [-0.25, -0.2) is 4.39 Å². The molecule has 0 unspecified atom stereocenters. The maximum Gasteiger partial charge on any atom is 0.260 e. The molecule has 0 bridgehead atoms. The molecule has 0 saturated heterocycles. The molecule has 0 aliphatic carbocycles. The zero-order chi connectivity index (χ0) is 16.1. The molecular weight excluding hydrogens is 301 g/mol. The van der Waals surface area contributed by atoms with E-state index in [1.54, 1.807) is 6.07 Å². The van der Waals surface area contributed by atoms with Crippen LogP contribution in [0.5, 0.6) is 5.75 Å². The monoisotopic (exact) mass is 319 g/mol. The third-order valence-corrected chi connectivity index (χ3v) is 3.48. The van der Waals surface area contributed by atoms with E-state index < -0.39 is 0 Å². The maximum atomic E-state index is 13.4. The average Bonchev–Trinajstić information content (AvgIpc) is 2.48. The molecule has 2 aromatic carbocycles. The van der Waals surface area contributed by atoms with Crippen LogP contribution in [0.4, 0.5) is 10.1 Å². The topological polar surface area (TPSA) is 30.5 Å². The van der Waals surface area contributed by atoms with Gasteiger partial charge in [0.05, 0.1) is 12.8 Å². The van der Waals surface area contributed by atoms with Gasteiger partial charge in [0.1, 0.15) is 18.2 Å². The highest BCUT2D eigenvalue weighted by Crippen LogP contribution is 2.23. The minimum atomic E-state index is -0.350. The molecule has 0 heterocycles. The molecule has 5 heteroatoms. The Morgan fingerprint density at radius 1 is 1.18 bits per heavy atom. The summed E-state index contributed by atoms with van der Waals surface area (Å²) in [5.74, 6) is 0.451. The molecule has 0 spiro atoms. The number of aryl methyl sites for hydroxylation is 2. The fraction of sp³-hybridized carbons (Fsp3) is 0.235. The molecule has 1 N–H and O–H groups in total. The molecule has 22 heavy (non-hydrogen) atoms. The van der Waals surface area contributed by atoms with Crippen molar-refractivity contribution in [3.05, 3.63) is 58.9 Å². The number of halogens is 1. The number of thiocarbonyl (C=S) groups is 1. The standard InChI is InChI=1S/C17H18FNO2S/c1-11-4-7-16(12(2)8-11)21-10-13-5-6-14(18)9-15(13)19-17(22)20-3/h4-9H,10H2,1-3H3,(H,19,22). The average molecular weight is 319 g/mol. The Morgan fingerprint density at radius 2 is 1.95 bits per heavy atom. The number of benzene rings is 2.